The minimum atomic E-state index is -0.582. The molecule has 7 heteroatoms. The van der Waals surface area contributed by atoms with Crippen molar-refractivity contribution in [3.8, 4) is 11.4 Å². The van der Waals surface area contributed by atoms with Gasteiger partial charge in [0.2, 0.25) is 5.82 Å². The molecule has 0 saturated heterocycles. The number of aromatic nitrogens is 2. The number of hydrogen-bond acceptors (Lipinski definition) is 5. The quantitative estimate of drug-likeness (QED) is 0.503. The van der Waals surface area contributed by atoms with E-state index in [-0.39, 0.29) is 18.3 Å². The first-order valence-electron chi connectivity index (χ1n) is 7.30. The van der Waals surface area contributed by atoms with Gasteiger partial charge in [-0.15, -0.1) is 0 Å². The molecule has 0 aliphatic rings. The molecule has 126 valence electrons. The van der Waals surface area contributed by atoms with Crippen LogP contribution >= 0.6 is 11.6 Å². The van der Waals surface area contributed by atoms with Gasteiger partial charge in [0, 0.05) is 11.6 Å². The lowest BCUT2D eigenvalue weighted by atomic mass is 10.2. The number of nitrogens with zero attached hydrogens (tertiary/aromatic N) is 2. The second kappa shape index (κ2) is 7.72. The van der Waals surface area contributed by atoms with E-state index in [0.717, 1.165) is 0 Å². The number of benzene rings is 2. The van der Waals surface area contributed by atoms with Crippen LogP contribution in [0.15, 0.2) is 59.1 Å². The molecule has 0 unspecified atom stereocenters. The fourth-order valence-electron chi connectivity index (χ4n) is 1.98. The average molecular weight is 359 g/mol. The van der Waals surface area contributed by atoms with Gasteiger partial charge in [-0.3, -0.25) is 0 Å². The topological polar surface area (TPSA) is 65.2 Å². The van der Waals surface area contributed by atoms with Crippen molar-refractivity contribution >= 4 is 23.6 Å². The lowest BCUT2D eigenvalue weighted by Gasteiger charge is -1.97. The summed E-state index contributed by atoms with van der Waals surface area (Å²) in [5, 5.41) is 4.31. The van der Waals surface area contributed by atoms with Crippen LogP contribution in [0, 0.1) is 5.82 Å². The molecule has 1 heterocycles. The summed E-state index contributed by atoms with van der Waals surface area (Å²) in [6.07, 6.45) is 2.75. The monoisotopic (exact) mass is 358 g/mol. The third-order valence-electron chi connectivity index (χ3n) is 3.20. The van der Waals surface area contributed by atoms with Gasteiger partial charge in [-0.2, -0.15) is 4.98 Å². The van der Waals surface area contributed by atoms with Crippen LogP contribution in [0.25, 0.3) is 17.5 Å². The molecule has 0 saturated carbocycles. The van der Waals surface area contributed by atoms with Gasteiger partial charge in [0.15, 0.2) is 6.61 Å². The van der Waals surface area contributed by atoms with Crippen molar-refractivity contribution in [2.75, 3.05) is 0 Å². The van der Waals surface area contributed by atoms with Crippen LogP contribution < -0.4 is 0 Å². The van der Waals surface area contributed by atoms with E-state index in [9.17, 15) is 9.18 Å². The standard InChI is InChI=1S/C18H12ClFN2O3/c19-15-4-2-1-3-14(15)18-21-16(25-22-18)11-24-17(23)10-7-12-5-8-13(20)9-6-12/h1-10H,11H2/b10-7+. The van der Waals surface area contributed by atoms with Crippen LogP contribution in [-0.2, 0) is 16.1 Å². The second-order valence-electron chi connectivity index (χ2n) is 4.98. The molecule has 0 N–H and O–H groups in total. The molecule has 0 aliphatic heterocycles. The van der Waals surface area contributed by atoms with Crippen LogP contribution in [0.5, 0.6) is 0 Å². The van der Waals surface area contributed by atoms with Crippen molar-refractivity contribution in [3.63, 3.8) is 0 Å². The predicted molar refractivity (Wildman–Crippen MR) is 90.0 cm³/mol. The summed E-state index contributed by atoms with van der Waals surface area (Å²) in [5.74, 6) is -0.454. The highest BCUT2D eigenvalue weighted by atomic mass is 35.5. The summed E-state index contributed by atoms with van der Waals surface area (Å²) in [6, 6.07) is 12.8. The minimum Gasteiger partial charge on any atom is -0.452 e. The van der Waals surface area contributed by atoms with E-state index in [1.54, 1.807) is 36.4 Å². The Labute approximate surface area is 147 Å². The SMILES string of the molecule is O=C(/C=C/c1ccc(F)cc1)OCc1nc(-c2ccccc2Cl)no1. The number of hydrogen-bond donors (Lipinski definition) is 0. The van der Waals surface area contributed by atoms with Crippen molar-refractivity contribution in [2.24, 2.45) is 0 Å². The van der Waals surface area contributed by atoms with Gasteiger partial charge in [-0.25, -0.2) is 9.18 Å². The van der Waals surface area contributed by atoms with E-state index in [1.807, 2.05) is 0 Å². The van der Waals surface area contributed by atoms with Crippen molar-refractivity contribution in [3.05, 3.63) is 76.9 Å². The average Bonchev–Trinajstić information content (AvgIpc) is 3.08. The minimum absolute atomic E-state index is 0.151. The summed E-state index contributed by atoms with van der Waals surface area (Å²) >= 11 is 6.07. The molecule has 5 nitrogen and oxygen atoms in total. The van der Waals surface area contributed by atoms with Crippen molar-refractivity contribution < 1.29 is 18.4 Å². The van der Waals surface area contributed by atoms with Crippen molar-refractivity contribution in [1.82, 2.24) is 10.1 Å². The first-order chi connectivity index (χ1) is 12.1. The van der Waals surface area contributed by atoms with Gasteiger partial charge in [0.05, 0.1) is 5.02 Å². The van der Waals surface area contributed by atoms with Gasteiger partial charge >= 0.3 is 5.97 Å². The number of carbonyl (C=O) groups excluding carboxylic acids is 1. The Balaban J connectivity index is 1.58. The van der Waals surface area contributed by atoms with Gasteiger partial charge < -0.3 is 9.26 Å². The fraction of sp³-hybridized carbons (Fsp3) is 0.0556. The van der Waals surface area contributed by atoms with E-state index in [4.69, 9.17) is 20.9 Å². The first-order valence-corrected chi connectivity index (χ1v) is 7.67. The molecular formula is C18H12ClFN2O3. The van der Waals surface area contributed by atoms with Gasteiger partial charge in [-0.1, -0.05) is 41.0 Å². The summed E-state index contributed by atoms with van der Waals surface area (Å²) in [4.78, 5) is 15.8. The fourth-order valence-corrected chi connectivity index (χ4v) is 2.20. The second-order valence-corrected chi connectivity index (χ2v) is 5.39. The molecule has 2 aromatic carbocycles. The molecule has 3 rings (SSSR count). The number of ether oxygens (including phenoxy) is 1. The summed E-state index contributed by atoms with van der Waals surface area (Å²) in [7, 11) is 0. The number of halogens is 2. The Bertz CT molecular complexity index is 907. The molecular weight excluding hydrogens is 347 g/mol. The Morgan fingerprint density at radius 1 is 1.20 bits per heavy atom. The highest BCUT2D eigenvalue weighted by molar-refractivity contribution is 6.33. The molecule has 0 aliphatic carbocycles. The highest BCUT2D eigenvalue weighted by Crippen LogP contribution is 2.24. The van der Waals surface area contributed by atoms with Crippen LogP contribution in [0.4, 0.5) is 4.39 Å². The molecule has 25 heavy (non-hydrogen) atoms. The molecule has 0 bridgehead atoms. The zero-order valence-electron chi connectivity index (χ0n) is 12.9. The van der Waals surface area contributed by atoms with E-state index >= 15 is 0 Å². The molecule has 1 aromatic heterocycles. The van der Waals surface area contributed by atoms with E-state index in [1.165, 1.54) is 24.3 Å². The van der Waals surface area contributed by atoms with Gasteiger partial charge in [0.25, 0.3) is 5.89 Å². The highest BCUT2D eigenvalue weighted by Gasteiger charge is 2.12. The molecule has 0 atom stereocenters. The Morgan fingerprint density at radius 3 is 2.72 bits per heavy atom. The van der Waals surface area contributed by atoms with Crippen molar-refractivity contribution in [2.45, 2.75) is 6.61 Å². The van der Waals surface area contributed by atoms with Crippen LogP contribution in [0.3, 0.4) is 0 Å². The lowest BCUT2D eigenvalue weighted by Crippen LogP contribution is -2.01. The third kappa shape index (κ3) is 4.51. The predicted octanol–water partition coefficient (Wildman–Crippen LogP) is 4.29. The first kappa shape index (κ1) is 16.9. The van der Waals surface area contributed by atoms with Crippen LogP contribution in [0.2, 0.25) is 5.02 Å². The van der Waals surface area contributed by atoms with Crippen LogP contribution in [-0.4, -0.2) is 16.1 Å². The number of carbonyl (C=O) groups is 1. The maximum absolute atomic E-state index is 12.8. The molecule has 0 amide bonds. The summed E-state index contributed by atoms with van der Waals surface area (Å²) in [6.45, 7) is -0.163. The normalized spacial score (nSPS) is 11.0. The molecule has 3 aromatic rings. The van der Waals surface area contributed by atoms with Crippen molar-refractivity contribution in [1.29, 1.82) is 0 Å². The Hall–Kier alpha value is -2.99. The Kier molecular flexibility index (Phi) is 5.20. The third-order valence-corrected chi connectivity index (χ3v) is 3.53. The molecule has 0 fully saturated rings. The van der Waals surface area contributed by atoms with E-state index < -0.39 is 5.97 Å². The lowest BCUT2D eigenvalue weighted by molar-refractivity contribution is -0.139. The summed E-state index contributed by atoms with van der Waals surface area (Å²) in [5.41, 5.74) is 1.30. The molecule has 0 spiro atoms. The number of esters is 1. The van der Waals surface area contributed by atoms with E-state index in [2.05, 4.69) is 10.1 Å². The summed E-state index contributed by atoms with van der Waals surface area (Å²) < 4.78 is 22.9. The number of rotatable bonds is 5. The van der Waals surface area contributed by atoms with Crippen LogP contribution in [0.1, 0.15) is 11.5 Å². The smallest absolute Gasteiger partial charge is 0.331 e. The Morgan fingerprint density at radius 2 is 1.96 bits per heavy atom. The zero-order valence-corrected chi connectivity index (χ0v) is 13.6. The van der Waals surface area contributed by atoms with E-state index in [0.29, 0.717) is 22.0 Å². The maximum atomic E-state index is 12.8. The van der Waals surface area contributed by atoms with Gasteiger partial charge in [-0.05, 0) is 35.9 Å². The molecule has 0 radical (unpaired) electrons. The maximum Gasteiger partial charge on any atom is 0.331 e. The zero-order chi connectivity index (χ0) is 17.6. The largest absolute Gasteiger partial charge is 0.452 e. The van der Waals surface area contributed by atoms with Gasteiger partial charge in [0.1, 0.15) is 5.82 Å².